The molecule has 0 spiro atoms. The third-order valence-corrected chi connectivity index (χ3v) is 4.18. The van der Waals surface area contributed by atoms with E-state index in [1.165, 1.54) is 23.9 Å². The van der Waals surface area contributed by atoms with E-state index in [1.807, 2.05) is 0 Å². The van der Waals surface area contributed by atoms with Crippen molar-refractivity contribution in [3.8, 4) is 0 Å². The molecule has 1 atom stereocenters. The zero-order valence-electron chi connectivity index (χ0n) is 12.7. The Kier molecular flexibility index (Phi) is 4.93. The van der Waals surface area contributed by atoms with Gasteiger partial charge < -0.3 is 15.1 Å². The zero-order valence-corrected chi connectivity index (χ0v) is 13.5. The first-order chi connectivity index (χ1) is 11.0. The van der Waals surface area contributed by atoms with Crippen LogP contribution in [0.1, 0.15) is 11.1 Å². The number of halogens is 5. The Balaban J connectivity index is 2.13. The summed E-state index contributed by atoms with van der Waals surface area (Å²) in [6, 6.07) is 0.621. The van der Waals surface area contributed by atoms with Crippen molar-refractivity contribution in [3.63, 3.8) is 0 Å². The number of amides is 3. The van der Waals surface area contributed by atoms with E-state index in [-0.39, 0.29) is 24.7 Å². The lowest BCUT2D eigenvalue weighted by Gasteiger charge is -2.18. The van der Waals surface area contributed by atoms with E-state index in [0.29, 0.717) is 6.07 Å². The van der Waals surface area contributed by atoms with Gasteiger partial charge in [0.2, 0.25) is 5.91 Å². The first-order valence-electron chi connectivity index (χ1n) is 6.83. The molecule has 1 fully saturated rings. The minimum atomic E-state index is -4.94. The Labute approximate surface area is 140 Å². The van der Waals surface area contributed by atoms with Gasteiger partial charge in [0.15, 0.2) is 0 Å². The number of likely N-dealkylation sites (N-methyl/N-ethyl adjacent to an activating group) is 2. The first kappa shape index (κ1) is 18.3. The van der Waals surface area contributed by atoms with Crippen molar-refractivity contribution in [1.29, 1.82) is 0 Å². The summed E-state index contributed by atoms with van der Waals surface area (Å²) in [4.78, 5) is 26.3. The van der Waals surface area contributed by atoms with Crippen LogP contribution in [0.5, 0.6) is 0 Å². The fourth-order valence-electron chi connectivity index (χ4n) is 2.41. The molecule has 2 rings (SSSR count). The van der Waals surface area contributed by atoms with E-state index in [1.54, 1.807) is 0 Å². The molecule has 3 amide bonds. The third kappa shape index (κ3) is 3.40. The van der Waals surface area contributed by atoms with Gasteiger partial charge in [0, 0.05) is 20.6 Å². The van der Waals surface area contributed by atoms with Crippen molar-refractivity contribution in [2.24, 2.45) is 0 Å². The highest BCUT2D eigenvalue weighted by atomic mass is 35.5. The van der Waals surface area contributed by atoms with Crippen LogP contribution in [-0.2, 0) is 17.5 Å². The summed E-state index contributed by atoms with van der Waals surface area (Å²) in [6.45, 7) is -0.157. The Hall–Kier alpha value is -2.03. The molecule has 1 aromatic carbocycles. The lowest BCUT2D eigenvalue weighted by molar-refractivity contribution is -0.139. The Bertz CT molecular complexity index is 681. The second-order valence-corrected chi connectivity index (χ2v) is 5.78. The van der Waals surface area contributed by atoms with Crippen molar-refractivity contribution in [2.45, 2.75) is 18.8 Å². The maximum atomic E-state index is 13.4. The van der Waals surface area contributed by atoms with Gasteiger partial charge in [0.25, 0.3) is 0 Å². The van der Waals surface area contributed by atoms with Gasteiger partial charge in [-0.15, -0.1) is 0 Å². The second-order valence-electron chi connectivity index (χ2n) is 5.40. The van der Waals surface area contributed by atoms with Crippen LogP contribution in [0.15, 0.2) is 12.1 Å². The predicted octanol–water partition coefficient (Wildman–Crippen LogP) is 2.48. The van der Waals surface area contributed by atoms with Gasteiger partial charge >= 0.3 is 12.2 Å². The molecule has 1 N–H and O–H groups in total. The van der Waals surface area contributed by atoms with Gasteiger partial charge in [-0.1, -0.05) is 17.7 Å². The Morgan fingerprint density at radius 1 is 1.38 bits per heavy atom. The van der Waals surface area contributed by atoms with Crippen molar-refractivity contribution < 1.29 is 27.2 Å². The number of benzene rings is 1. The molecule has 1 heterocycles. The molecular weight excluding hydrogens is 354 g/mol. The minimum absolute atomic E-state index is 0.0703. The fourth-order valence-corrected chi connectivity index (χ4v) is 2.74. The number of hydrogen-bond donors (Lipinski definition) is 1. The molecule has 1 unspecified atom stereocenters. The van der Waals surface area contributed by atoms with Gasteiger partial charge in [0.1, 0.15) is 17.4 Å². The first-order valence-corrected chi connectivity index (χ1v) is 7.21. The van der Waals surface area contributed by atoms with Crippen LogP contribution >= 0.6 is 11.6 Å². The van der Waals surface area contributed by atoms with Crippen LogP contribution in [0.25, 0.3) is 0 Å². The summed E-state index contributed by atoms with van der Waals surface area (Å²) in [5.74, 6) is -2.02. The molecular formula is C14H14ClF4N3O2. The van der Waals surface area contributed by atoms with Crippen LogP contribution in [0.3, 0.4) is 0 Å². The molecule has 0 aromatic heterocycles. The molecule has 0 saturated carbocycles. The quantitative estimate of drug-likeness (QED) is 0.834. The summed E-state index contributed by atoms with van der Waals surface area (Å²) in [7, 11) is 2.97. The smallest absolute Gasteiger partial charge is 0.350 e. The highest BCUT2D eigenvalue weighted by molar-refractivity contribution is 6.32. The Morgan fingerprint density at radius 3 is 2.50 bits per heavy atom. The number of alkyl halides is 3. The van der Waals surface area contributed by atoms with Crippen LogP contribution in [-0.4, -0.2) is 48.4 Å². The number of nitrogens with one attached hydrogen (secondary N) is 1. The molecule has 1 aliphatic rings. The van der Waals surface area contributed by atoms with Gasteiger partial charge in [-0.2, -0.15) is 13.2 Å². The summed E-state index contributed by atoms with van der Waals surface area (Å²) in [5, 5.41) is 1.62. The molecule has 10 heteroatoms. The molecule has 1 aromatic rings. The summed E-state index contributed by atoms with van der Waals surface area (Å²) in [6.07, 6.45) is -4.94. The molecule has 0 aliphatic carbocycles. The molecule has 1 aliphatic heterocycles. The van der Waals surface area contributed by atoms with E-state index < -0.39 is 34.5 Å². The van der Waals surface area contributed by atoms with E-state index in [2.05, 4.69) is 5.32 Å². The standard InChI is InChI=1S/C14H14ClF4N3O2/c1-21-6-9(22(2)13(21)24)12(23)20-5-7-3-4-8(16)10(11(7)15)14(17,18)19/h3-4,9H,5-6H2,1-2H3,(H,20,23). The van der Waals surface area contributed by atoms with E-state index in [4.69, 9.17) is 11.6 Å². The largest absolute Gasteiger partial charge is 0.420 e. The topological polar surface area (TPSA) is 52.7 Å². The number of carbonyl (C=O) groups is 2. The van der Waals surface area contributed by atoms with Crippen LogP contribution in [0.2, 0.25) is 5.02 Å². The van der Waals surface area contributed by atoms with Gasteiger partial charge in [-0.05, 0) is 11.6 Å². The number of carbonyl (C=O) groups excluding carboxylic acids is 2. The van der Waals surface area contributed by atoms with E-state index >= 15 is 0 Å². The molecule has 5 nitrogen and oxygen atoms in total. The van der Waals surface area contributed by atoms with Crippen LogP contribution in [0, 0.1) is 5.82 Å². The highest BCUT2D eigenvalue weighted by Gasteiger charge is 2.39. The number of urea groups is 1. The number of hydrogen-bond acceptors (Lipinski definition) is 2. The van der Waals surface area contributed by atoms with E-state index in [0.717, 1.165) is 6.07 Å². The van der Waals surface area contributed by atoms with E-state index in [9.17, 15) is 27.2 Å². The van der Waals surface area contributed by atoms with Crippen molar-refractivity contribution in [1.82, 2.24) is 15.1 Å². The molecule has 0 bridgehead atoms. The SMILES string of the molecule is CN1CC(C(=O)NCc2ccc(F)c(C(F)(F)F)c2Cl)N(C)C1=O. The molecule has 0 radical (unpaired) electrons. The average Bonchev–Trinajstić information content (AvgIpc) is 2.72. The number of rotatable bonds is 3. The minimum Gasteiger partial charge on any atom is -0.350 e. The van der Waals surface area contributed by atoms with Crippen LogP contribution in [0.4, 0.5) is 22.4 Å². The normalized spacial score (nSPS) is 18.3. The van der Waals surface area contributed by atoms with Crippen LogP contribution < -0.4 is 5.32 Å². The number of nitrogens with zero attached hydrogens (tertiary/aromatic N) is 2. The maximum Gasteiger partial charge on any atom is 0.420 e. The predicted molar refractivity (Wildman–Crippen MR) is 77.8 cm³/mol. The lowest BCUT2D eigenvalue weighted by Crippen LogP contribution is -2.43. The molecule has 1 saturated heterocycles. The Morgan fingerprint density at radius 2 is 2.00 bits per heavy atom. The summed E-state index contributed by atoms with van der Waals surface area (Å²) in [5.41, 5.74) is -1.64. The zero-order chi connectivity index (χ0) is 18.2. The van der Waals surface area contributed by atoms with Gasteiger partial charge in [0.05, 0.1) is 11.6 Å². The second kappa shape index (κ2) is 6.46. The third-order valence-electron chi connectivity index (χ3n) is 3.75. The average molecular weight is 368 g/mol. The van der Waals surface area contributed by atoms with Gasteiger partial charge in [-0.3, -0.25) is 4.79 Å². The maximum absolute atomic E-state index is 13.4. The molecule has 24 heavy (non-hydrogen) atoms. The van der Waals surface area contributed by atoms with Crippen molar-refractivity contribution in [2.75, 3.05) is 20.6 Å². The van der Waals surface area contributed by atoms with Crippen molar-refractivity contribution >= 4 is 23.5 Å². The summed E-state index contributed by atoms with van der Waals surface area (Å²) < 4.78 is 51.8. The summed E-state index contributed by atoms with van der Waals surface area (Å²) >= 11 is 5.63. The lowest BCUT2D eigenvalue weighted by atomic mass is 10.1. The van der Waals surface area contributed by atoms with Gasteiger partial charge in [-0.25, -0.2) is 9.18 Å². The van der Waals surface area contributed by atoms with Crippen molar-refractivity contribution in [3.05, 3.63) is 34.1 Å². The molecule has 132 valence electrons. The fraction of sp³-hybridized carbons (Fsp3) is 0.429. The monoisotopic (exact) mass is 367 g/mol. The highest BCUT2D eigenvalue weighted by Crippen LogP contribution is 2.38.